The summed E-state index contributed by atoms with van der Waals surface area (Å²) in [6.07, 6.45) is 4.63. The van der Waals surface area contributed by atoms with Gasteiger partial charge >= 0.3 is 0 Å². The van der Waals surface area contributed by atoms with Crippen LogP contribution in [0.1, 0.15) is 39.4 Å². The van der Waals surface area contributed by atoms with Gasteiger partial charge in [-0.1, -0.05) is 0 Å². The first-order valence-corrected chi connectivity index (χ1v) is 11.2. The Morgan fingerprint density at radius 3 is 3.03 bits per heavy atom. The maximum absolute atomic E-state index is 12.8. The monoisotopic (exact) mass is 410 g/mol. The summed E-state index contributed by atoms with van der Waals surface area (Å²) in [6, 6.07) is 9.95. The van der Waals surface area contributed by atoms with Crippen LogP contribution in [0.3, 0.4) is 0 Å². The lowest BCUT2D eigenvalue weighted by molar-refractivity contribution is 0.0442. The highest BCUT2D eigenvalue weighted by Gasteiger charge is 2.37. The van der Waals surface area contributed by atoms with Crippen molar-refractivity contribution in [1.29, 1.82) is 0 Å². The van der Waals surface area contributed by atoms with Gasteiger partial charge in [0.2, 0.25) is 0 Å². The van der Waals surface area contributed by atoms with Crippen LogP contribution in [0.15, 0.2) is 36.5 Å². The highest BCUT2D eigenvalue weighted by Crippen LogP contribution is 2.32. The minimum absolute atomic E-state index is 0.000309. The predicted molar refractivity (Wildman–Crippen MR) is 115 cm³/mol. The van der Waals surface area contributed by atoms with Gasteiger partial charge in [-0.05, 0) is 62.9 Å². The smallest absolute Gasteiger partial charge is 0.168 e. The molecule has 0 bridgehead atoms. The van der Waals surface area contributed by atoms with Gasteiger partial charge in [0.05, 0.1) is 0 Å². The Balaban J connectivity index is 1.18. The number of carbonyl (C=O) groups excluding carboxylic acids is 1. The number of aromatic nitrogens is 1. The number of ketones is 1. The zero-order valence-electron chi connectivity index (χ0n) is 16.5. The van der Waals surface area contributed by atoms with Gasteiger partial charge in [0.25, 0.3) is 0 Å². The molecule has 1 aromatic carbocycles. The van der Waals surface area contributed by atoms with Crippen molar-refractivity contribution in [1.82, 2.24) is 10.3 Å². The molecule has 1 fully saturated rings. The average Bonchev–Trinajstić information content (AvgIpc) is 3.41. The first kappa shape index (κ1) is 18.9. The van der Waals surface area contributed by atoms with Crippen LogP contribution in [0, 0.1) is 12.8 Å². The number of thiophene rings is 1. The fraction of sp³-hybridized carbons (Fsp3) is 0.435. The molecule has 1 saturated carbocycles. The van der Waals surface area contributed by atoms with Crippen LogP contribution in [-0.2, 0) is 6.42 Å². The SMILES string of the molecule is Cc1cc2c(s1)CCC(CNC1CCC(Oc3ccc4[nH]ccc4c3)C1O)C2=O. The van der Waals surface area contributed by atoms with Gasteiger partial charge in [-0.2, -0.15) is 0 Å². The molecule has 0 spiro atoms. The Hall–Kier alpha value is -2.15. The minimum Gasteiger partial charge on any atom is -0.488 e. The van der Waals surface area contributed by atoms with Crippen LogP contribution < -0.4 is 10.1 Å². The third-order valence-corrected chi connectivity index (χ3v) is 7.39. The molecule has 5 rings (SSSR count). The van der Waals surface area contributed by atoms with Gasteiger partial charge < -0.3 is 20.1 Å². The Morgan fingerprint density at radius 2 is 2.14 bits per heavy atom. The molecule has 5 nitrogen and oxygen atoms in total. The maximum atomic E-state index is 12.8. The van der Waals surface area contributed by atoms with E-state index in [4.69, 9.17) is 4.74 Å². The van der Waals surface area contributed by atoms with Crippen molar-refractivity contribution in [3.8, 4) is 5.75 Å². The molecule has 29 heavy (non-hydrogen) atoms. The number of hydrogen-bond acceptors (Lipinski definition) is 5. The molecular weight excluding hydrogens is 384 g/mol. The summed E-state index contributed by atoms with van der Waals surface area (Å²) >= 11 is 1.74. The quantitative estimate of drug-likeness (QED) is 0.597. The second kappa shape index (κ2) is 7.59. The molecule has 3 aromatic rings. The summed E-state index contributed by atoms with van der Waals surface area (Å²) in [5.74, 6) is 1.03. The first-order chi connectivity index (χ1) is 14.1. The van der Waals surface area contributed by atoms with Crippen molar-refractivity contribution in [2.45, 2.75) is 50.9 Å². The number of aryl methyl sites for hydroxylation is 2. The minimum atomic E-state index is -0.574. The number of ether oxygens (including phenoxy) is 1. The van der Waals surface area contributed by atoms with Crippen LogP contribution in [0.25, 0.3) is 10.9 Å². The third kappa shape index (κ3) is 3.61. The number of aliphatic hydroxyl groups is 1. The molecule has 6 heteroatoms. The molecule has 4 unspecified atom stereocenters. The van der Waals surface area contributed by atoms with E-state index in [0.29, 0.717) is 6.54 Å². The van der Waals surface area contributed by atoms with Crippen molar-refractivity contribution < 1.29 is 14.6 Å². The fourth-order valence-electron chi connectivity index (χ4n) is 4.68. The summed E-state index contributed by atoms with van der Waals surface area (Å²) in [5.41, 5.74) is 1.99. The van der Waals surface area contributed by atoms with E-state index in [-0.39, 0.29) is 23.8 Å². The molecular formula is C23H26N2O3S. The standard InChI is InChI=1S/C23H26N2O3S/c1-13-10-17-21(29-13)7-2-15(22(17)26)12-25-19-5-6-20(23(19)27)28-16-3-4-18-14(11-16)8-9-24-18/h3-4,8-11,15,19-20,23-25,27H,2,5-7,12H2,1H3. The van der Waals surface area contributed by atoms with Crippen LogP contribution in [-0.4, -0.2) is 40.7 Å². The number of benzene rings is 1. The van der Waals surface area contributed by atoms with Gasteiger partial charge in [-0.15, -0.1) is 11.3 Å². The number of hydrogen-bond donors (Lipinski definition) is 3. The normalized spacial score (nSPS) is 26.8. The molecule has 4 atom stereocenters. The van der Waals surface area contributed by atoms with Gasteiger partial charge in [0, 0.05) is 50.9 Å². The average molecular weight is 411 g/mol. The first-order valence-electron chi connectivity index (χ1n) is 10.4. The number of aromatic amines is 1. The van der Waals surface area contributed by atoms with E-state index in [1.165, 1.54) is 9.75 Å². The lowest BCUT2D eigenvalue weighted by atomic mass is 9.87. The Bertz CT molecular complexity index is 1040. The molecule has 2 heterocycles. The maximum Gasteiger partial charge on any atom is 0.168 e. The molecule has 152 valence electrons. The molecule has 0 saturated heterocycles. The molecule has 2 aromatic heterocycles. The lowest BCUT2D eigenvalue weighted by Gasteiger charge is -2.25. The Labute approximate surface area is 174 Å². The number of aliphatic hydroxyl groups excluding tert-OH is 1. The number of rotatable bonds is 5. The van der Waals surface area contributed by atoms with Crippen molar-refractivity contribution in [2.75, 3.05) is 6.54 Å². The van der Waals surface area contributed by atoms with Gasteiger partial charge in [0.1, 0.15) is 18.0 Å². The molecule has 3 N–H and O–H groups in total. The second-order valence-corrected chi connectivity index (χ2v) is 9.60. The third-order valence-electron chi connectivity index (χ3n) is 6.28. The summed E-state index contributed by atoms with van der Waals surface area (Å²) in [7, 11) is 0. The van der Waals surface area contributed by atoms with Crippen LogP contribution in [0.5, 0.6) is 5.75 Å². The molecule has 0 radical (unpaired) electrons. The van der Waals surface area contributed by atoms with Crippen LogP contribution in [0.2, 0.25) is 0 Å². The number of fused-ring (bicyclic) bond motifs is 2. The van der Waals surface area contributed by atoms with Gasteiger partial charge in [0.15, 0.2) is 5.78 Å². The zero-order valence-corrected chi connectivity index (χ0v) is 17.3. The van der Waals surface area contributed by atoms with E-state index in [1.807, 2.05) is 36.5 Å². The van der Waals surface area contributed by atoms with Crippen LogP contribution >= 0.6 is 11.3 Å². The second-order valence-electron chi connectivity index (χ2n) is 8.26. The largest absolute Gasteiger partial charge is 0.488 e. The van der Waals surface area contributed by atoms with Gasteiger partial charge in [-0.3, -0.25) is 4.79 Å². The van der Waals surface area contributed by atoms with E-state index in [2.05, 4.69) is 17.2 Å². The van der Waals surface area contributed by atoms with Crippen LogP contribution in [0.4, 0.5) is 0 Å². The lowest BCUT2D eigenvalue weighted by Crippen LogP contribution is -2.44. The van der Waals surface area contributed by atoms with Crippen molar-refractivity contribution >= 4 is 28.0 Å². The highest BCUT2D eigenvalue weighted by atomic mass is 32.1. The van der Waals surface area contributed by atoms with Crippen molar-refractivity contribution in [3.05, 3.63) is 51.8 Å². The van der Waals surface area contributed by atoms with E-state index in [9.17, 15) is 9.90 Å². The van der Waals surface area contributed by atoms with E-state index < -0.39 is 6.10 Å². The molecule has 2 aliphatic carbocycles. The predicted octanol–water partition coefficient (Wildman–Crippen LogP) is 3.84. The molecule has 0 aliphatic heterocycles. The van der Waals surface area contributed by atoms with E-state index in [0.717, 1.165) is 47.9 Å². The summed E-state index contributed by atoms with van der Waals surface area (Å²) in [6.45, 7) is 2.68. The molecule has 0 amide bonds. The summed E-state index contributed by atoms with van der Waals surface area (Å²) in [4.78, 5) is 18.4. The van der Waals surface area contributed by atoms with Crippen molar-refractivity contribution in [2.24, 2.45) is 5.92 Å². The number of Topliss-reactive ketones (excluding diaryl/α,β-unsaturated/α-hetero) is 1. The topological polar surface area (TPSA) is 74.3 Å². The Morgan fingerprint density at radius 1 is 1.24 bits per heavy atom. The Kier molecular flexibility index (Phi) is 4.94. The van der Waals surface area contributed by atoms with Gasteiger partial charge in [-0.25, -0.2) is 0 Å². The summed E-state index contributed by atoms with van der Waals surface area (Å²) in [5, 5.41) is 15.3. The number of carbonyl (C=O) groups is 1. The zero-order chi connectivity index (χ0) is 20.0. The van der Waals surface area contributed by atoms with Crippen molar-refractivity contribution in [3.63, 3.8) is 0 Å². The summed E-state index contributed by atoms with van der Waals surface area (Å²) < 4.78 is 6.09. The van der Waals surface area contributed by atoms with E-state index in [1.54, 1.807) is 11.3 Å². The fourth-order valence-corrected chi connectivity index (χ4v) is 5.73. The molecule has 2 aliphatic rings. The number of nitrogens with one attached hydrogen (secondary N) is 2. The highest BCUT2D eigenvalue weighted by molar-refractivity contribution is 7.12. The van der Waals surface area contributed by atoms with E-state index >= 15 is 0 Å². The number of H-pyrrole nitrogens is 1.